The first-order valence-electron chi connectivity index (χ1n) is 6.11. The van der Waals surface area contributed by atoms with Gasteiger partial charge in [-0.15, -0.1) is 0 Å². The van der Waals surface area contributed by atoms with Gasteiger partial charge in [0.15, 0.2) is 5.13 Å². The van der Waals surface area contributed by atoms with Gasteiger partial charge in [0.05, 0.1) is 18.5 Å². The molecule has 0 aliphatic rings. The highest BCUT2D eigenvalue weighted by Crippen LogP contribution is 2.23. The summed E-state index contributed by atoms with van der Waals surface area (Å²) in [5, 5.41) is 6.79. The minimum absolute atomic E-state index is 0.122. The second-order valence-corrected chi connectivity index (χ2v) is 5.49. The van der Waals surface area contributed by atoms with Crippen LogP contribution in [0.4, 0.5) is 5.13 Å². The van der Waals surface area contributed by atoms with Gasteiger partial charge in [0.1, 0.15) is 10.6 Å². The van der Waals surface area contributed by atoms with Crippen molar-refractivity contribution in [2.45, 2.75) is 33.4 Å². The number of hydrogen-bond donors (Lipinski definition) is 2. The van der Waals surface area contributed by atoms with Gasteiger partial charge in [0.25, 0.3) is 5.91 Å². The van der Waals surface area contributed by atoms with Gasteiger partial charge in [-0.3, -0.25) is 4.79 Å². The summed E-state index contributed by atoms with van der Waals surface area (Å²) in [5.41, 5.74) is 0.741. The van der Waals surface area contributed by atoms with Crippen LogP contribution in [-0.4, -0.2) is 16.9 Å². The maximum absolute atomic E-state index is 12.0. The lowest BCUT2D eigenvalue weighted by Gasteiger charge is -2.04. The van der Waals surface area contributed by atoms with Crippen molar-refractivity contribution in [1.29, 1.82) is 0 Å². The van der Waals surface area contributed by atoms with Gasteiger partial charge in [-0.1, -0.05) is 11.3 Å². The van der Waals surface area contributed by atoms with Crippen LogP contribution in [0.3, 0.4) is 0 Å². The Morgan fingerprint density at radius 1 is 1.53 bits per heavy atom. The first-order chi connectivity index (χ1) is 9.06. The van der Waals surface area contributed by atoms with Crippen molar-refractivity contribution < 1.29 is 9.21 Å². The number of hydrogen-bond acceptors (Lipinski definition) is 5. The number of thiazole rings is 1. The lowest BCUT2D eigenvalue weighted by Crippen LogP contribution is -2.22. The molecule has 1 amide bonds. The fourth-order valence-corrected chi connectivity index (χ4v) is 2.61. The van der Waals surface area contributed by atoms with E-state index in [9.17, 15) is 4.79 Å². The number of rotatable bonds is 5. The van der Waals surface area contributed by atoms with Crippen molar-refractivity contribution >= 4 is 22.4 Å². The maximum atomic E-state index is 12.0. The minimum atomic E-state index is -0.122. The van der Waals surface area contributed by atoms with Crippen molar-refractivity contribution in [3.63, 3.8) is 0 Å². The summed E-state index contributed by atoms with van der Waals surface area (Å²) in [7, 11) is 0. The number of carbonyl (C=O) groups is 1. The number of aryl methyl sites for hydroxylation is 1. The SMILES string of the molecule is Cc1nc(NC(C)C)sc1C(=O)NCc1ccco1. The van der Waals surface area contributed by atoms with Gasteiger partial charge in [0.2, 0.25) is 0 Å². The van der Waals surface area contributed by atoms with E-state index in [2.05, 4.69) is 15.6 Å². The van der Waals surface area contributed by atoms with Gasteiger partial charge in [-0.2, -0.15) is 0 Å². The van der Waals surface area contributed by atoms with E-state index in [0.717, 1.165) is 16.6 Å². The molecule has 6 heteroatoms. The Kier molecular flexibility index (Phi) is 4.21. The average molecular weight is 279 g/mol. The summed E-state index contributed by atoms with van der Waals surface area (Å²) < 4.78 is 5.17. The maximum Gasteiger partial charge on any atom is 0.263 e. The van der Waals surface area contributed by atoms with E-state index in [1.807, 2.05) is 26.8 Å². The predicted molar refractivity (Wildman–Crippen MR) is 75.5 cm³/mol. The van der Waals surface area contributed by atoms with Gasteiger partial charge >= 0.3 is 0 Å². The first kappa shape index (κ1) is 13.6. The molecular formula is C13H17N3O2S. The number of nitrogens with zero attached hydrogens (tertiary/aromatic N) is 1. The Balaban J connectivity index is 2.00. The molecule has 2 rings (SSSR count). The van der Waals surface area contributed by atoms with Crippen LogP contribution in [0.1, 0.15) is 35.0 Å². The zero-order valence-corrected chi connectivity index (χ0v) is 12.0. The van der Waals surface area contributed by atoms with Gasteiger partial charge in [-0.25, -0.2) is 4.98 Å². The Morgan fingerprint density at radius 2 is 2.32 bits per heavy atom. The average Bonchev–Trinajstić information content (AvgIpc) is 2.95. The van der Waals surface area contributed by atoms with Crippen molar-refractivity contribution in [3.8, 4) is 0 Å². The summed E-state index contributed by atoms with van der Waals surface area (Å²) in [6, 6.07) is 3.92. The highest BCUT2D eigenvalue weighted by molar-refractivity contribution is 7.17. The van der Waals surface area contributed by atoms with Gasteiger partial charge in [0, 0.05) is 6.04 Å². The van der Waals surface area contributed by atoms with Crippen LogP contribution in [0.25, 0.3) is 0 Å². The molecule has 5 nitrogen and oxygen atoms in total. The summed E-state index contributed by atoms with van der Waals surface area (Å²) >= 11 is 1.37. The monoisotopic (exact) mass is 279 g/mol. The van der Waals surface area contributed by atoms with Crippen LogP contribution in [-0.2, 0) is 6.54 Å². The molecule has 0 saturated heterocycles. The van der Waals surface area contributed by atoms with E-state index in [4.69, 9.17) is 4.42 Å². The number of aromatic nitrogens is 1. The van der Waals surface area contributed by atoms with Gasteiger partial charge in [-0.05, 0) is 32.9 Å². The number of amides is 1. The summed E-state index contributed by atoms with van der Waals surface area (Å²) in [5.74, 6) is 0.610. The zero-order chi connectivity index (χ0) is 13.8. The van der Waals surface area contributed by atoms with Crippen molar-refractivity contribution in [3.05, 3.63) is 34.7 Å². The molecule has 0 aliphatic heterocycles. The molecule has 0 spiro atoms. The number of nitrogens with one attached hydrogen (secondary N) is 2. The van der Waals surface area contributed by atoms with E-state index in [0.29, 0.717) is 17.5 Å². The number of furan rings is 1. The van der Waals surface area contributed by atoms with Crippen molar-refractivity contribution in [1.82, 2.24) is 10.3 Å². The summed E-state index contributed by atoms with van der Waals surface area (Å²) in [6.45, 7) is 6.29. The van der Waals surface area contributed by atoms with E-state index in [1.165, 1.54) is 11.3 Å². The predicted octanol–water partition coefficient (Wildman–Crippen LogP) is 2.79. The Morgan fingerprint density at radius 3 is 2.95 bits per heavy atom. The quantitative estimate of drug-likeness (QED) is 0.883. The normalized spacial score (nSPS) is 10.7. The van der Waals surface area contributed by atoms with Gasteiger partial charge < -0.3 is 15.1 Å². The number of carbonyl (C=O) groups excluding carboxylic acids is 1. The van der Waals surface area contributed by atoms with Crippen molar-refractivity contribution in [2.24, 2.45) is 0 Å². The molecule has 2 aromatic rings. The highest BCUT2D eigenvalue weighted by Gasteiger charge is 2.15. The van der Waals surface area contributed by atoms with Crippen LogP contribution in [0, 0.1) is 6.92 Å². The van der Waals surface area contributed by atoms with Crippen molar-refractivity contribution in [2.75, 3.05) is 5.32 Å². The molecule has 2 aromatic heterocycles. The molecule has 2 heterocycles. The second kappa shape index (κ2) is 5.88. The molecule has 0 aliphatic carbocycles. The molecule has 0 atom stereocenters. The van der Waals surface area contributed by atoms with Crippen LogP contribution in [0.2, 0.25) is 0 Å². The Labute approximate surface area is 116 Å². The summed E-state index contributed by atoms with van der Waals surface area (Å²) in [6.07, 6.45) is 1.59. The molecule has 2 N–H and O–H groups in total. The van der Waals surface area contributed by atoms with Crippen LogP contribution < -0.4 is 10.6 Å². The topological polar surface area (TPSA) is 67.2 Å². The highest BCUT2D eigenvalue weighted by atomic mass is 32.1. The minimum Gasteiger partial charge on any atom is -0.467 e. The Bertz CT molecular complexity index is 546. The van der Waals surface area contributed by atoms with E-state index in [1.54, 1.807) is 12.3 Å². The molecule has 0 aromatic carbocycles. The summed E-state index contributed by atoms with van der Waals surface area (Å²) in [4.78, 5) is 17.0. The smallest absolute Gasteiger partial charge is 0.263 e. The number of anilines is 1. The molecule has 0 fully saturated rings. The van der Waals surface area contributed by atoms with E-state index in [-0.39, 0.29) is 5.91 Å². The standard InChI is InChI=1S/C13H17N3O2S/c1-8(2)15-13-16-9(3)11(19-13)12(17)14-7-10-5-4-6-18-10/h4-6,8H,7H2,1-3H3,(H,14,17)(H,15,16). The molecule has 0 radical (unpaired) electrons. The largest absolute Gasteiger partial charge is 0.467 e. The fraction of sp³-hybridized carbons (Fsp3) is 0.385. The first-order valence-corrected chi connectivity index (χ1v) is 6.92. The molecule has 102 valence electrons. The third kappa shape index (κ3) is 3.57. The van der Waals surface area contributed by atoms with Crippen LogP contribution >= 0.6 is 11.3 Å². The van der Waals surface area contributed by atoms with E-state index >= 15 is 0 Å². The Hall–Kier alpha value is -1.82. The fourth-order valence-electron chi connectivity index (χ4n) is 1.58. The zero-order valence-electron chi connectivity index (χ0n) is 11.2. The molecule has 0 bridgehead atoms. The molecule has 19 heavy (non-hydrogen) atoms. The molecular weight excluding hydrogens is 262 g/mol. The van der Waals surface area contributed by atoms with Crippen LogP contribution in [0.15, 0.2) is 22.8 Å². The third-order valence-electron chi connectivity index (χ3n) is 2.42. The molecule has 0 unspecified atom stereocenters. The van der Waals surface area contributed by atoms with Crippen LogP contribution in [0.5, 0.6) is 0 Å². The third-order valence-corrected chi connectivity index (χ3v) is 3.51. The molecule has 0 saturated carbocycles. The lowest BCUT2D eigenvalue weighted by molar-refractivity contribution is 0.0951. The van der Waals surface area contributed by atoms with E-state index < -0.39 is 0 Å². The second-order valence-electron chi connectivity index (χ2n) is 4.49. The lowest BCUT2D eigenvalue weighted by atomic mass is 10.3.